The largest absolute Gasteiger partial charge is 0.465 e. The number of benzene rings is 2. The summed E-state index contributed by atoms with van der Waals surface area (Å²) < 4.78 is 4.68. The molecule has 3 rings (SSSR count). The first-order chi connectivity index (χ1) is 13.5. The molecule has 0 bridgehead atoms. The van der Waals surface area contributed by atoms with E-state index in [1.165, 1.54) is 25.6 Å². The van der Waals surface area contributed by atoms with Crippen LogP contribution in [-0.2, 0) is 4.74 Å². The molecule has 0 radical (unpaired) electrons. The molecule has 0 saturated carbocycles. The second-order valence-electron chi connectivity index (χ2n) is 5.90. The highest BCUT2D eigenvalue weighted by molar-refractivity contribution is 6.30. The average Bonchev–Trinajstić information content (AvgIpc) is 2.70. The van der Waals surface area contributed by atoms with Crippen LogP contribution in [0.5, 0.6) is 0 Å². The number of aromatic nitrogens is 2. The minimum absolute atomic E-state index is 0.167. The van der Waals surface area contributed by atoms with Crippen molar-refractivity contribution in [2.24, 2.45) is 0 Å². The van der Waals surface area contributed by atoms with Crippen LogP contribution in [0.1, 0.15) is 26.4 Å². The van der Waals surface area contributed by atoms with Crippen molar-refractivity contribution in [2.75, 3.05) is 17.7 Å². The van der Waals surface area contributed by atoms with Crippen LogP contribution in [0.15, 0.2) is 54.9 Å². The Morgan fingerprint density at radius 3 is 2.68 bits per heavy atom. The molecular weight excluding hydrogens is 380 g/mol. The molecule has 0 atom stereocenters. The quantitative estimate of drug-likeness (QED) is 0.627. The lowest BCUT2D eigenvalue weighted by Crippen LogP contribution is -2.15. The van der Waals surface area contributed by atoms with Crippen molar-refractivity contribution in [3.63, 3.8) is 0 Å². The summed E-state index contributed by atoms with van der Waals surface area (Å²) in [5.74, 6) is -0.467. The number of halogens is 1. The average molecular weight is 397 g/mol. The lowest BCUT2D eigenvalue weighted by molar-refractivity contribution is 0.0600. The fourth-order valence-electron chi connectivity index (χ4n) is 2.45. The number of methoxy groups -OCH3 is 1. The monoisotopic (exact) mass is 396 g/mol. The van der Waals surface area contributed by atoms with Crippen LogP contribution in [0.2, 0.25) is 5.02 Å². The first-order valence-electron chi connectivity index (χ1n) is 8.31. The second-order valence-corrected chi connectivity index (χ2v) is 6.34. The summed E-state index contributed by atoms with van der Waals surface area (Å²) in [6, 6.07) is 13.4. The van der Waals surface area contributed by atoms with Gasteiger partial charge in [-0.3, -0.25) is 4.79 Å². The highest BCUT2D eigenvalue weighted by Crippen LogP contribution is 2.23. The third-order valence-electron chi connectivity index (χ3n) is 3.90. The molecule has 0 unspecified atom stereocenters. The number of nitrogens with one attached hydrogen (secondary N) is 2. The maximum Gasteiger partial charge on any atom is 0.337 e. The van der Waals surface area contributed by atoms with Gasteiger partial charge in [-0.2, -0.15) is 0 Å². The zero-order chi connectivity index (χ0) is 20.1. The van der Waals surface area contributed by atoms with Gasteiger partial charge in [-0.05, 0) is 42.8 Å². The van der Waals surface area contributed by atoms with E-state index in [1.807, 2.05) is 13.0 Å². The van der Waals surface area contributed by atoms with Crippen LogP contribution in [0.3, 0.4) is 0 Å². The van der Waals surface area contributed by atoms with E-state index in [-0.39, 0.29) is 5.69 Å². The van der Waals surface area contributed by atoms with Crippen molar-refractivity contribution in [2.45, 2.75) is 6.92 Å². The second kappa shape index (κ2) is 8.49. The molecule has 0 saturated heterocycles. The third-order valence-corrected chi connectivity index (χ3v) is 4.14. The standard InChI is InChI=1S/C20H17ClN4O3/c1-12-6-7-14(21)9-16(12)25-18-10-17(22-11-23-18)19(26)24-15-5-3-4-13(8-15)20(27)28-2/h3-11H,1-2H3,(H,24,26)(H,22,23,25). The number of anilines is 3. The molecule has 1 amide bonds. The highest BCUT2D eigenvalue weighted by Gasteiger charge is 2.12. The van der Waals surface area contributed by atoms with E-state index in [1.54, 1.807) is 30.3 Å². The summed E-state index contributed by atoms with van der Waals surface area (Å²) in [7, 11) is 1.30. The maximum atomic E-state index is 12.5. The molecule has 3 aromatic rings. The van der Waals surface area contributed by atoms with Gasteiger partial charge in [-0.15, -0.1) is 0 Å². The summed E-state index contributed by atoms with van der Waals surface area (Å²) in [5, 5.41) is 6.42. The molecule has 2 aromatic carbocycles. The van der Waals surface area contributed by atoms with Crippen molar-refractivity contribution in [1.29, 1.82) is 0 Å². The Balaban J connectivity index is 1.77. The topological polar surface area (TPSA) is 93.2 Å². The number of hydrogen-bond acceptors (Lipinski definition) is 6. The molecule has 0 aliphatic heterocycles. The van der Waals surface area contributed by atoms with Gasteiger partial charge in [-0.1, -0.05) is 23.7 Å². The summed E-state index contributed by atoms with van der Waals surface area (Å²) in [6.45, 7) is 1.93. The summed E-state index contributed by atoms with van der Waals surface area (Å²) in [6.07, 6.45) is 1.29. The van der Waals surface area contributed by atoms with Crippen LogP contribution in [-0.4, -0.2) is 29.0 Å². The van der Waals surface area contributed by atoms with Gasteiger partial charge in [0, 0.05) is 22.5 Å². The number of ether oxygens (including phenoxy) is 1. The SMILES string of the molecule is COC(=O)c1cccc(NC(=O)c2cc(Nc3cc(Cl)ccc3C)ncn2)c1. The normalized spacial score (nSPS) is 10.2. The molecule has 2 N–H and O–H groups in total. The van der Waals surface area contributed by atoms with Crippen LogP contribution in [0, 0.1) is 6.92 Å². The number of amides is 1. The van der Waals surface area contributed by atoms with E-state index in [9.17, 15) is 9.59 Å². The first-order valence-corrected chi connectivity index (χ1v) is 8.69. The summed E-state index contributed by atoms with van der Waals surface area (Å²) in [5.41, 5.74) is 2.71. The van der Waals surface area contributed by atoms with E-state index in [2.05, 4.69) is 25.3 Å². The number of carbonyl (C=O) groups excluding carboxylic acids is 2. The minimum atomic E-state index is -0.485. The first kappa shape index (κ1) is 19.3. The van der Waals surface area contributed by atoms with Gasteiger partial charge in [0.15, 0.2) is 0 Å². The summed E-state index contributed by atoms with van der Waals surface area (Å²) >= 11 is 6.03. The van der Waals surface area contributed by atoms with Gasteiger partial charge in [-0.25, -0.2) is 14.8 Å². The van der Waals surface area contributed by atoms with Crippen LogP contribution >= 0.6 is 11.6 Å². The Morgan fingerprint density at radius 2 is 1.89 bits per heavy atom. The van der Waals surface area contributed by atoms with Crippen molar-refractivity contribution in [3.8, 4) is 0 Å². The van der Waals surface area contributed by atoms with Crippen molar-refractivity contribution in [1.82, 2.24) is 9.97 Å². The molecule has 0 aliphatic carbocycles. The van der Waals surface area contributed by atoms with Crippen molar-refractivity contribution >= 4 is 40.7 Å². The number of aryl methyl sites for hydroxylation is 1. The molecule has 7 nitrogen and oxygen atoms in total. The van der Waals surface area contributed by atoms with Gasteiger partial charge < -0.3 is 15.4 Å². The van der Waals surface area contributed by atoms with Crippen LogP contribution in [0.4, 0.5) is 17.2 Å². The fraction of sp³-hybridized carbons (Fsp3) is 0.100. The molecule has 28 heavy (non-hydrogen) atoms. The van der Waals surface area contributed by atoms with Crippen LogP contribution in [0.25, 0.3) is 0 Å². The Kier molecular flexibility index (Phi) is 5.86. The lowest BCUT2D eigenvalue weighted by atomic mass is 10.2. The van der Waals surface area contributed by atoms with Crippen molar-refractivity contribution < 1.29 is 14.3 Å². The highest BCUT2D eigenvalue weighted by atomic mass is 35.5. The van der Waals surface area contributed by atoms with E-state index in [0.29, 0.717) is 22.1 Å². The van der Waals surface area contributed by atoms with E-state index < -0.39 is 11.9 Å². The third kappa shape index (κ3) is 4.63. The maximum absolute atomic E-state index is 12.5. The van der Waals surface area contributed by atoms with E-state index in [4.69, 9.17) is 11.6 Å². The molecule has 1 heterocycles. The molecule has 142 valence electrons. The molecule has 0 fully saturated rings. The Morgan fingerprint density at radius 1 is 1.07 bits per heavy atom. The number of rotatable bonds is 5. The number of esters is 1. The Hall–Kier alpha value is -3.45. The zero-order valence-corrected chi connectivity index (χ0v) is 15.9. The minimum Gasteiger partial charge on any atom is -0.465 e. The molecular formula is C20H17ClN4O3. The van der Waals surface area contributed by atoms with Gasteiger partial charge in [0.05, 0.1) is 12.7 Å². The number of hydrogen-bond donors (Lipinski definition) is 2. The van der Waals surface area contributed by atoms with Gasteiger partial charge in [0.2, 0.25) is 0 Å². The van der Waals surface area contributed by atoms with Gasteiger partial charge in [0.25, 0.3) is 5.91 Å². The fourth-order valence-corrected chi connectivity index (χ4v) is 2.63. The molecule has 8 heteroatoms. The lowest BCUT2D eigenvalue weighted by Gasteiger charge is -2.10. The summed E-state index contributed by atoms with van der Waals surface area (Å²) in [4.78, 5) is 32.3. The predicted octanol–water partition coefficient (Wildman–Crippen LogP) is 4.22. The molecule has 1 aromatic heterocycles. The Bertz CT molecular complexity index is 1040. The molecule has 0 spiro atoms. The van der Waals surface area contributed by atoms with Gasteiger partial charge in [0.1, 0.15) is 17.8 Å². The zero-order valence-electron chi connectivity index (χ0n) is 15.2. The Labute approximate surface area is 166 Å². The smallest absolute Gasteiger partial charge is 0.337 e. The van der Waals surface area contributed by atoms with Crippen molar-refractivity contribution in [3.05, 3.63) is 76.7 Å². The van der Waals surface area contributed by atoms with E-state index >= 15 is 0 Å². The van der Waals surface area contributed by atoms with Gasteiger partial charge >= 0.3 is 5.97 Å². The van der Waals surface area contributed by atoms with E-state index in [0.717, 1.165) is 11.3 Å². The van der Waals surface area contributed by atoms with Crippen LogP contribution < -0.4 is 10.6 Å². The predicted molar refractivity (Wildman–Crippen MR) is 107 cm³/mol. The molecule has 0 aliphatic rings. The number of carbonyl (C=O) groups is 2. The number of nitrogens with zero attached hydrogens (tertiary/aromatic N) is 2.